The number of anilines is 1. The molecule has 0 spiro atoms. The number of halogens is 2. The third-order valence-corrected chi connectivity index (χ3v) is 5.51. The van der Waals surface area contributed by atoms with E-state index in [0.717, 1.165) is 12.1 Å². The van der Waals surface area contributed by atoms with Crippen LogP contribution in [0.3, 0.4) is 0 Å². The fourth-order valence-electron chi connectivity index (χ4n) is 3.67. The topological polar surface area (TPSA) is 79.9 Å². The molecule has 2 amide bonds. The Hall–Kier alpha value is -3.20. The van der Waals surface area contributed by atoms with E-state index in [1.54, 1.807) is 25.3 Å². The van der Waals surface area contributed by atoms with E-state index in [2.05, 4.69) is 10.6 Å². The number of rotatable bonds is 8. The standard InChI is InChI=1S/C23H27F2N3O4/c1-31-16-6-7-20(21(12-16)32-2)27-22(29)14-28-10-8-15(9-11-28)23(30)26-13-17-18(24)4-3-5-19(17)25/h3-7,12,15H,8-11,13-14H2,1-2H3,(H,26,30)(H,27,29). The van der Waals surface area contributed by atoms with Gasteiger partial charge in [0.05, 0.1) is 26.5 Å². The normalized spacial score (nSPS) is 14.6. The molecule has 172 valence electrons. The highest BCUT2D eigenvalue weighted by molar-refractivity contribution is 5.93. The quantitative estimate of drug-likeness (QED) is 0.651. The minimum atomic E-state index is -0.681. The van der Waals surface area contributed by atoms with E-state index in [1.165, 1.54) is 13.2 Å². The number of piperidine rings is 1. The minimum Gasteiger partial charge on any atom is -0.497 e. The van der Waals surface area contributed by atoms with E-state index < -0.39 is 11.6 Å². The van der Waals surface area contributed by atoms with Gasteiger partial charge in [0.25, 0.3) is 0 Å². The van der Waals surface area contributed by atoms with Crippen LogP contribution in [-0.4, -0.2) is 50.6 Å². The molecule has 9 heteroatoms. The highest BCUT2D eigenvalue weighted by atomic mass is 19.1. The number of hydrogen-bond donors (Lipinski definition) is 2. The zero-order chi connectivity index (χ0) is 23.1. The van der Waals surface area contributed by atoms with E-state index in [4.69, 9.17) is 9.47 Å². The zero-order valence-electron chi connectivity index (χ0n) is 18.1. The van der Waals surface area contributed by atoms with Gasteiger partial charge in [-0.2, -0.15) is 0 Å². The van der Waals surface area contributed by atoms with Crippen LogP contribution >= 0.6 is 0 Å². The summed E-state index contributed by atoms with van der Waals surface area (Å²) in [5.74, 6) is -0.923. The van der Waals surface area contributed by atoms with Crippen LogP contribution in [0.15, 0.2) is 36.4 Å². The summed E-state index contributed by atoms with van der Waals surface area (Å²) in [6.45, 7) is 1.13. The van der Waals surface area contributed by atoms with Gasteiger partial charge in [-0.25, -0.2) is 8.78 Å². The predicted molar refractivity (Wildman–Crippen MR) is 116 cm³/mol. The molecule has 2 N–H and O–H groups in total. The molecule has 0 aliphatic carbocycles. The van der Waals surface area contributed by atoms with E-state index in [1.807, 2.05) is 4.90 Å². The van der Waals surface area contributed by atoms with Crippen LogP contribution in [0.1, 0.15) is 18.4 Å². The SMILES string of the molecule is COc1ccc(NC(=O)CN2CCC(C(=O)NCc3c(F)cccc3F)CC2)c(OC)c1. The van der Waals surface area contributed by atoms with Crippen LogP contribution in [0.5, 0.6) is 11.5 Å². The summed E-state index contributed by atoms with van der Waals surface area (Å²) in [4.78, 5) is 26.8. The first kappa shape index (κ1) is 23.5. The van der Waals surface area contributed by atoms with Gasteiger partial charge in [0.1, 0.15) is 23.1 Å². The first-order valence-corrected chi connectivity index (χ1v) is 10.4. The van der Waals surface area contributed by atoms with Crippen molar-refractivity contribution >= 4 is 17.5 Å². The molecule has 1 aliphatic heterocycles. The number of benzene rings is 2. The van der Waals surface area contributed by atoms with E-state index >= 15 is 0 Å². The van der Waals surface area contributed by atoms with Gasteiger partial charge in [-0.05, 0) is 50.2 Å². The molecule has 1 heterocycles. The van der Waals surface area contributed by atoms with Crippen molar-refractivity contribution in [3.63, 3.8) is 0 Å². The maximum atomic E-state index is 13.7. The number of hydrogen-bond acceptors (Lipinski definition) is 5. The van der Waals surface area contributed by atoms with Crippen molar-refractivity contribution < 1.29 is 27.8 Å². The predicted octanol–water partition coefficient (Wildman–Crippen LogP) is 2.95. The number of nitrogens with zero attached hydrogens (tertiary/aromatic N) is 1. The molecule has 1 saturated heterocycles. The summed E-state index contributed by atoms with van der Waals surface area (Å²) in [5, 5.41) is 5.45. The lowest BCUT2D eigenvalue weighted by Gasteiger charge is -2.30. The Morgan fingerprint density at radius 2 is 1.75 bits per heavy atom. The first-order valence-electron chi connectivity index (χ1n) is 10.4. The van der Waals surface area contributed by atoms with E-state index in [0.29, 0.717) is 43.1 Å². The van der Waals surface area contributed by atoms with Crippen LogP contribution in [0.4, 0.5) is 14.5 Å². The third kappa shape index (κ3) is 5.94. The fraction of sp³-hybridized carbons (Fsp3) is 0.391. The second-order valence-corrected chi connectivity index (χ2v) is 7.58. The Bertz CT molecular complexity index is 942. The molecule has 1 fully saturated rings. The van der Waals surface area contributed by atoms with Crippen LogP contribution in [0, 0.1) is 17.6 Å². The molecule has 32 heavy (non-hydrogen) atoms. The molecule has 0 radical (unpaired) electrons. The zero-order valence-corrected chi connectivity index (χ0v) is 18.1. The number of amides is 2. The minimum absolute atomic E-state index is 0.149. The second kappa shape index (κ2) is 10.9. The van der Waals surface area contributed by atoms with Gasteiger partial charge in [-0.15, -0.1) is 0 Å². The molecule has 2 aromatic carbocycles. The van der Waals surface area contributed by atoms with Crippen molar-refractivity contribution in [2.45, 2.75) is 19.4 Å². The highest BCUT2D eigenvalue weighted by Crippen LogP contribution is 2.29. The summed E-state index contributed by atoms with van der Waals surface area (Å²) < 4.78 is 37.9. The number of carbonyl (C=O) groups is 2. The van der Waals surface area contributed by atoms with Crippen molar-refractivity contribution in [2.24, 2.45) is 5.92 Å². The lowest BCUT2D eigenvalue weighted by atomic mass is 9.95. The maximum absolute atomic E-state index is 13.7. The van der Waals surface area contributed by atoms with Gasteiger partial charge in [0, 0.05) is 24.1 Å². The number of ether oxygens (including phenoxy) is 2. The lowest BCUT2D eigenvalue weighted by Crippen LogP contribution is -2.43. The summed E-state index contributed by atoms with van der Waals surface area (Å²) in [6, 6.07) is 8.74. The second-order valence-electron chi connectivity index (χ2n) is 7.58. The Kier molecular flexibility index (Phi) is 7.99. The Balaban J connectivity index is 1.45. The summed E-state index contributed by atoms with van der Waals surface area (Å²) >= 11 is 0. The van der Waals surface area contributed by atoms with E-state index in [-0.39, 0.29) is 36.4 Å². The Morgan fingerprint density at radius 3 is 2.38 bits per heavy atom. The smallest absolute Gasteiger partial charge is 0.238 e. The number of likely N-dealkylation sites (tertiary alicyclic amines) is 1. The Morgan fingerprint density at radius 1 is 1.06 bits per heavy atom. The summed E-state index contributed by atoms with van der Waals surface area (Å²) in [5.41, 5.74) is 0.400. The van der Waals surface area contributed by atoms with Crippen LogP contribution in [0.25, 0.3) is 0 Å². The number of carbonyl (C=O) groups excluding carboxylic acids is 2. The summed E-state index contributed by atoms with van der Waals surface area (Å²) in [7, 11) is 3.07. The van der Waals surface area contributed by atoms with Crippen LogP contribution in [0.2, 0.25) is 0 Å². The molecule has 3 rings (SSSR count). The lowest BCUT2D eigenvalue weighted by molar-refractivity contribution is -0.126. The molecule has 0 atom stereocenters. The average molecular weight is 447 g/mol. The van der Waals surface area contributed by atoms with Gasteiger partial charge in [0.2, 0.25) is 11.8 Å². The molecule has 0 saturated carbocycles. The van der Waals surface area contributed by atoms with Gasteiger partial charge in [0.15, 0.2) is 0 Å². The molecule has 0 unspecified atom stereocenters. The van der Waals surface area contributed by atoms with Gasteiger partial charge < -0.3 is 20.1 Å². The van der Waals surface area contributed by atoms with Crippen molar-refractivity contribution in [1.29, 1.82) is 0 Å². The maximum Gasteiger partial charge on any atom is 0.238 e. The Labute approximate surface area is 185 Å². The molecule has 7 nitrogen and oxygen atoms in total. The molecule has 0 bridgehead atoms. The van der Waals surface area contributed by atoms with Crippen LogP contribution in [-0.2, 0) is 16.1 Å². The van der Waals surface area contributed by atoms with Gasteiger partial charge in [-0.1, -0.05) is 6.07 Å². The fourth-order valence-corrected chi connectivity index (χ4v) is 3.67. The van der Waals surface area contributed by atoms with Crippen molar-refractivity contribution in [2.75, 3.05) is 39.2 Å². The van der Waals surface area contributed by atoms with Crippen LogP contribution < -0.4 is 20.1 Å². The molecular weight excluding hydrogens is 420 g/mol. The molecule has 0 aromatic heterocycles. The van der Waals surface area contributed by atoms with Crippen molar-refractivity contribution in [3.05, 3.63) is 53.6 Å². The van der Waals surface area contributed by atoms with Gasteiger partial charge in [-0.3, -0.25) is 14.5 Å². The van der Waals surface area contributed by atoms with E-state index in [9.17, 15) is 18.4 Å². The van der Waals surface area contributed by atoms with Gasteiger partial charge >= 0.3 is 0 Å². The average Bonchev–Trinajstić information content (AvgIpc) is 2.79. The number of methoxy groups -OCH3 is 2. The first-order chi connectivity index (χ1) is 15.4. The van der Waals surface area contributed by atoms with Crippen molar-refractivity contribution in [1.82, 2.24) is 10.2 Å². The molecule has 2 aromatic rings. The molecular formula is C23H27F2N3O4. The molecule has 1 aliphatic rings. The summed E-state index contributed by atoms with van der Waals surface area (Å²) in [6.07, 6.45) is 1.12. The third-order valence-electron chi connectivity index (χ3n) is 5.51. The van der Waals surface area contributed by atoms with Crippen molar-refractivity contribution in [3.8, 4) is 11.5 Å². The highest BCUT2D eigenvalue weighted by Gasteiger charge is 2.26. The monoisotopic (exact) mass is 447 g/mol. The number of nitrogens with one attached hydrogen (secondary N) is 2. The largest absolute Gasteiger partial charge is 0.497 e.